The van der Waals surface area contributed by atoms with Crippen LogP contribution in [0, 0.1) is 0 Å². The lowest BCUT2D eigenvalue weighted by Gasteiger charge is -2.32. The number of piperidine rings is 1. The van der Waals surface area contributed by atoms with Gasteiger partial charge in [-0.2, -0.15) is 0 Å². The maximum atomic E-state index is 12.2. The van der Waals surface area contributed by atoms with Crippen molar-refractivity contribution >= 4 is 5.95 Å². The number of likely N-dealkylation sites (tertiary alicyclic amines) is 1. The lowest BCUT2D eigenvalue weighted by atomic mass is 9.94. The summed E-state index contributed by atoms with van der Waals surface area (Å²) in [4.78, 5) is 33.6. The van der Waals surface area contributed by atoms with Crippen LogP contribution in [0.15, 0.2) is 23.3 Å². The van der Waals surface area contributed by atoms with Crippen molar-refractivity contribution in [1.82, 2.24) is 24.8 Å². The molecule has 0 radical (unpaired) electrons. The number of aromatic nitrogens is 4. The lowest BCUT2D eigenvalue weighted by molar-refractivity contribution is 0.198. The maximum Gasteiger partial charge on any atom is 0.252 e. The second-order valence-electron chi connectivity index (χ2n) is 8.02. The van der Waals surface area contributed by atoms with Crippen LogP contribution >= 0.6 is 0 Å². The van der Waals surface area contributed by atoms with E-state index in [1.165, 1.54) is 12.8 Å². The molecule has 4 heterocycles. The first-order chi connectivity index (χ1) is 13.7. The fourth-order valence-electron chi connectivity index (χ4n) is 4.27. The molecule has 2 fully saturated rings. The van der Waals surface area contributed by atoms with Crippen LogP contribution in [0.4, 0.5) is 5.95 Å². The van der Waals surface area contributed by atoms with Gasteiger partial charge < -0.3 is 4.90 Å². The Morgan fingerprint density at radius 1 is 1.14 bits per heavy atom. The van der Waals surface area contributed by atoms with E-state index in [1.54, 1.807) is 6.07 Å². The molecular formula is C21H30N6O. The van der Waals surface area contributed by atoms with Crippen molar-refractivity contribution in [2.45, 2.75) is 57.9 Å². The second-order valence-corrected chi connectivity index (χ2v) is 8.02. The first-order valence-electron chi connectivity index (χ1n) is 10.6. The molecule has 2 aromatic rings. The van der Waals surface area contributed by atoms with Gasteiger partial charge in [0, 0.05) is 62.5 Å². The molecule has 0 spiro atoms. The van der Waals surface area contributed by atoms with Gasteiger partial charge in [0.2, 0.25) is 5.95 Å². The molecule has 1 N–H and O–H groups in total. The van der Waals surface area contributed by atoms with Crippen LogP contribution in [0.3, 0.4) is 0 Å². The zero-order chi connectivity index (χ0) is 19.3. The van der Waals surface area contributed by atoms with Gasteiger partial charge in [0.15, 0.2) is 0 Å². The quantitative estimate of drug-likeness (QED) is 0.827. The summed E-state index contributed by atoms with van der Waals surface area (Å²) in [6.45, 7) is 6.95. The molecule has 150 valence electrons. The Morgan fingerprint density at radius 3 is 2.68 bits per heavy atom. The van der Waals surface area contributed by atoms with E-state index in [0.717, 1.165) is 81.4 Å². The van der Waals surface area contributed by atoms with Gasteiger partial charge >= 0.3 is 0 Å². The van der Waals surface area contributed by atoms with Gasteiger partial charge in [-0.3, -0.25) is 14.7 Å². The maximum absolute atomic E-state index is 12.2. The highest BCUT2D eigenvalue weighted by Gasteiger charge is 2.24. The van der Waals surface area contributed by atoms with Gasteiger partial charge in [-0.15, -0.1) is 0 Å². The summed E-state index contributed by atoms with van der Waals surface area (Å²) in [5, 5.41) is 0. The van der Waals surface area contributed by atoms with Crippen molar-refractivity contribution in [1.29, 1.82) is 0 Å². The predicted octanol–water partition coefficient (Wildman–Crippen LogP) is 2.49. The minimum Gasteiger partial charge on any atom is -0.342 e. The standard InChI is InChI=1S/C21H30N6O/c1-2-6-19-22-12-16(13-23-19)14-26-8-5-7-17(15-26)18-11-20(28)25-21(24-18)27-9-3-4-10-27/h11-13,17H,2-10,14-15H2,1H3,(H,24,25,28). The van der Waals surface area contributed by atoms with Crippen LogP contribution in [0.5, 0.6) is 0 Å². The molecule has 7 nitrogen and oxygen atoms in total. The number of aryl methyl sites for hydroxylation is 1. The summed E-state index contributed by atoms with van der Waals surface area (Å²) in [5.74, 6) is 1.97. The molecule has 0 saturated carbocycles. The van der Waals surface area contributed by atoms with E-state index in [9.17, 15) is 4.79 Å². The largest absolute Gasteiger partial charge is 0.342 e. The minimum atomic E-state index is -0.0380. The topological polar surface area (TPSA) is 78.0 Å². The van der Waals surface area contributed by atoms with Crippen LogP contribution < -0.4 is 10.5 Å². The highest BCUT2D eigenvalue weighted by Crippen LogP contribution is 2.27. The predicted molar refractivity (Wildman–Crippen MR) is 110 cm³/mol. The van der Waals surface area contributed by atoms with E-state index >= 15 is 0 Å². The van der Waals surface area contributed by atoms with Gasteiger partial charge in [-0.1, -0.05) is 6.92 Å². The molecule has 28 heavy (non-hydrogen) atoms. The minimum absolute atomic E-state index is 0.0380. The summed E-state index contributed by atoms with van der Waals surface area (Å²) < 4.78 is 0. The number of nitrogens with one attached hydrogen (secondary N) is 1. The second kappa shape index (κ2) is 8.82. The fourth-order valence-corrected chi connectivity index (χ4v) is 4.27. The van der Waals surface area contributed by atoms with E-state index in [4.69, 9.17) is 4.98 Å². The summed E-state index contributed by atoms with van der Waals surface area (Å²) in [5.41, 5.74) is 2.05. The van der Waals surface area contributed by atoms with Crippen LogP contribution in [0.1, 0.15) is 62.0 Å². The Hall–Kier alpha value is -2.28. The SMILES string of the molecule is CCCc1ncc(CN2CCCC(c3cc(=O)[nH]c(N4CCCC4)n3)C2)cn1. The third-order valence-corrected chi connectivity index (χ3v) is 5.72. The van der Waals surface area contributed by atoms with Gasteiger partial charge in [-0.05, 0) is 38.6 Å². The number of H-pyrrole nitrogens is 1. The van der Waals surface area contributed by atoms with Crippen LogP contribution in [0.25, 0.3) is 0 Å². The molecule has 2 saturated heterocycles. The Labute approximate surface area is 166 Å². The van der Waals surface area contributed by atoms with E-state index in [1.807, 2.05) is 12.4 Å². The average Bonchev–Trinajstić information content (AvgIpc) is 3.24. The molecule has 1 atom stereocenters. The zero-order valence-electron chi connectivity index (χ0n) is 16.7. The number of anilines is 1. The number of rotatable bonds is 6. The van der Waals surface area contributed by atoms with E-state index < -0.39 is 0 Å². The Morgan fingerprint density at radius 2 is 1.93 bits per heavy atom. The number of nitrogens with zero attached hydrogens (tertiary/aromatic N) is 5. The lowest BCUT2D eigenvalue weighted by Crippen LogP contribution is -2.35. The Balaban J connectivity index is 1.44. The van der Waals surface area contributed by atoms with Crippen molar-refractivity contribution in [2.24, 2.45) is 0 Å². The molecule has 0 bridgehead atoms. The van der Waals surface area contributed by atoms with Gasteiger partial charge in [-0.25, -0.2) is 15.0 Å². The van der Waals surface area contributed by atoms with Crippen LogP contribution in [0.2, 0.25) is 0 Å². The third kappa shape index (κ3) is 4.58. The number of hydrogen-bond donors (Lipinski definition) is 1. The fraction of sp³-hybridized carbons (Fsp3) is 0.619. The monoisotopic (exact) mass is 382 g/mol. The van der Waals surface area contributed by atoms with Crippen molar-refractivity contribution in [3.63, 3.8) is 0 Å². The summed E-state index contributed by atoms with van der Waals surface area (Å²) in [6.07, 6.45) is 10.5. The van der Waals surface area contributed by atoms with Gasteiger partial charge in [0.05, 0.1) is 5.69 Å². The van der Waals surface area contributed by atoms with Gasteiger partial charge in [0.25, 0.3) is 5.56 Å². The molecule has 0 aromatic carbocycles. The van der Waals surface area contributed by atoms with Gasteiger partial charge in [0.1, 0.15) is 5.82 Å². The number of aromatic amines is 1. The molecule has 0 amide bonds. The first kappa shape index (κ1) is 19.1. The van der Waals surface area contributed by atoms with Crippen LogP contribution in [-0.2, 0) is 13.0 Å². The number of hydrogen-bond acceptors (Lipinski definition) is 6. The smallest absolute Gasteiger partial charge is 0.252 e. The normalized spacial score (nSPS) is 20.6. The van der Waals surface area contributed by atoms with E-state index in [-0.39, 0.29) is 5.56 Å². The molecule has 2 aromatic heterocycles. The first-order valence-corrected chi connectivity index (χ1v) is 10.6. The Bertz CT molecular complexity index is 828. The van der Waals surface area contributed by atoms with E-state index in [0.29, 0.717) is 5.92 Å². The van der Waals surface area contributed by atoms with Crippen molar-refractivity contribution in [3.8, 4) is 0 Å². The average molecular weight is 383 g/mol. The van der Waals surface area contributed by atoms with Crippen LogP contribution in [-0.4, -0.2) is 51.0 Å². The summed E-state index contributed by atoms with van der Waals surface area (Å²) >= 11 is 0. The summed E-state index contributed by atoms with van der Waals surface area (Å²) in [7, 11) is 0. The molecule has 0 aliphatic carbocycles. The molecule has 1 unspecified atom stereocenters. The molecule has 4 rings (SSSR count). The van der Waals surface area contributed by atoms with E-state index in [2.05, 4.69) is 31.7 Å². The highest BCUT2D eigenvalue weighted by molar-refractivity contribution is 5.32. The zero-order valence-corrected chi connectivity index (χ0v) is 16.7. The molecule has 7 heteroatoms. The van der Waals surface area contributed by atoms with Crippen molar-refractivity contribution < 1.29 is 0 Å². The third-order valence-electron chi connectivity index (χ3n) is 5.72. The van der Waals surface area contributed by atoms with Crippen molar-refractivity contribution in [2.75, 3.05) is 31.1 Å². The Kier molecular flexibility index (Phi) is 6.00. The molecule has 2 aliphatic heterocycles. The highest BCUT2D eigenvalue weighted by atomic mass is 16.1. The molecular weight excluding hydrogens is 352 g/mol. The molecule has 2 aliphatic rings. The van der Waals surface area contributed by atoms with Crippen molar-refractivity contribution in [3.05, 3.63) is 45.9 Å². The summed E-state index contributed by atoms with van der Waals surface area (Å²) in [6, 6.07) is 1.69.